The molecule has 0 aromatic heterocycles. The van der Waals surface area contributed by atoms with Crippen LogP contribution in [0.3, 0.4) is 0 Å². The van der Waals surface area contributed by atoms with Gasteiger partial charge in [0.2, 0.25) is 0 Å². The largest absolute Gasteiger partial charge is 0.395 e. The summed E-state index contributed by atoms with van der Waals surface area (Å²) in [7, 11) is 0. The Morgan fingerprint density at radius 1 is 1.48 bits per heavy atom. The molecule has 3 nitrogen and oxygen atoms in total. The van der Waals surface area contributed by atoms with Crippen LogP contribution in [0.2, 0.25) is 0 Å². The van der Waals surface area contributed by atoms with Gasteiger partial charge >= 0.3 is 0 Å². The maximum atomic E-state index is 12.4. The maximum Gasteiger partial charge on any atom is 0.251 e. The predicted molar refractivity (Wildman–Crippen MR) is 84.0 cm³/mol. The van der Waals surface area contributed by atoms with E-state index in [1.807, 2.05) is 25.1 Å². The highest BCUT2D eigenvalue weighted by Gasteiger charge is 2.24. The van der Waals surface area contributed by atoms with Gasteiger partial charge < -0.3 is 10.4 Å². The molecule has 1 aliphatic carbocycles. The van der Waals surface area contributed by atoms with Crippen LogP contribution in [-0.4, -0.2) is 23.7 Å². The van der Waals surface area contributed by atoms with Crippen molar-refractivity contribution in [2.45, 2.75) is 45.6 Å². The monoisotopic (exact) mass is 285 g/mol. The van der Waals surface area contributed by atoms with Crippen LogP contribution in [0.25, 0.3) is 0 Å². The fraction of sp³-hybridized carbons (Fsp3) is 0.500. The molecule has 1 unspecified atom stereocenters. The molecule has 1 aliphatic rings. The summed E-state index contributed by atoms with van der Waals surface area (Å²) in [5, 5.41) is 11.8. The van der Waals surface area contributed by atoms with E-state index in [-0.39, 0.29) is 18.6 Å². The number of aryl methyl sites for hydroxylation is 1. The predicted octanol–water partition coefficient (Wildman–Crippen LogP) is 2.65. The zero-order chi connectivity index (χ0) is 15.2. The second-order valence-corrected chi connectivity index (χ2v) is 5.86. The molecule has 1 atom stereocenters. The van der Waals surface area contributed by atoms with E-state index in [4.69, 9.17) is 5.11 Å². The summed E-state index contributed by atoms with van der Waals surface area (Å²) in [6, 6.07) is 5.88. The Morgan fingerprint density at radius 2 is 2.24 bits per heavy atom. The fourth-order valence-corrected chi connectivity index (χ4v) is 2.38. The third-order valence-corrected chi connectivity index (χ3v) is 3.71. The third-order valence-electron chi connectivity index (χ3n) is 3.71. The number of aliphatic hydroxyl groups excluding tert-OH is 1. The highest BCUT2D eigenvalue weighted by molar-refractivity contribution is 5.96. The molecule has 3 heteroatoms. The third kappa shape index (κ3) is 4.91. The molecule has 112 valence electrons. The minimum absolute atomic E-state index is 0.0218. The van der Waals surface area contributed by atoms with E-state index in [1.54, 1.807) is 0 Å². The van der Waals surface area contributed by atoms with Crippen LogP contribution >= 0.6 is 0 Å². The second kappa shape index (κ2) is 7.28. The number of nitrogens with one attached hydrogen (secondary N) is 1. The van der Waals surface area contributed by atoms with Crippen molar-refractivity contribution in [3.05, 3.63) is 34.9 Å². The van der Waals surface area contributed by atoms with Gasteiger partial charge in [0.1, 0.15) is 0 Å². The van der Waals surface area contributed by atoms with Gasteiger partial charge in [-0.15, -0.1) is 0 Å². The summed E-state index contributed by atoms with van der Waals surface area (Å²) >= 11 is 0. The summed E-state index contributed by atoms with van der Waals surface area (Å²) < 4.78 is 0. The first-order valence-corrected chi connectivity index (χ1v) is 7.61. The van der Waals surface area contributed by atoms with E-state index in [9.17, 15) is 4.79 Å². The minimum atomic E-state index is -0.0218. The maximum absolute atomic E-state index is 12.4. The number of aliphatic hydroxyl groups is 1. The minimum Gasteiger partial charge on any atom is -0.395 e. The van der Waals surface area contributed by atoms with E-state index in [1.165, 1.54) is 12.8 Å². The van der Waals surface area contributed by atoms with Crippen molar-refractivity contribution in [2.24, 2.45) is 5.92 Å². The van der Waals surface area contributed by atoms with Crippen LogP contribution in [-0.2, 0) is 0 Å². The number of carbonyl (C=O) groups excluding carboxylic acids is 1. The smallest absolute Gasteiger partial charge is 0.251 e. The average molecular weight is 285 g/mol. The Morgan fingerprint density at radius 3 is 2.90 bits per heavy atom. The van der Waals surface area contributed by atoms with Gasteiger partial charge in [-0.25, -0.2) is 0 Å². The van der Waals surface area contributed by atoms with E-state index in [0.29, 0.717) is 12.0 Å². The van der Waals surface area contributed by atoms with E-state index in [2.05, 4.69) is 24.1 Å². The molecule has 2 rings (SSSR count). The molecule has 0 radical (unpaired) electrons. The topological polar surface area (TPSA) is 49.3 Å². The molecule has 1 saturated carbocycles. The number of hydrogen-bond acceptors (Lipinski definition) is 2. The summed E-state index contributed by atoms with van der Waals surface area (Å²) in [6.45, 7) is 4.06. The standard InChI is InChI=1S/C18H23NO2/c1-13-6-7-15(5-3-4-10-20)12-17(13)18(21)19-14(2)11-16-8-9-16/h6-7,12,14,16,20H,4,8-11H2,1-2H3,(H,19,21). The Balaban J connectivity index is 2.04. The van der Waals surface area contributed by atoms with Crippen molar-refractivity contribution < 1.29 is 9.90 Å². The average Bonchev–Trinajstić information content (AvgIpc) is 3.24. The van der Waals surface area contributed by atoms with Crippen LogP contribution in [0.4, 0.5) is 0 Å². The number of hydrogen-bond donors (Lipinski definition) is 2. The molecule has 1 fully saturated rings. The van der Waals surface area contributed by atoms with Crippen molar-refractivity contribution in [3.8, 4) is 11.8 Å². The van der Waals surface area contributed by atoms with E-state index < -0.39 is 0 Å². The lowest BCUT2D eigenvalue weighted by Gasteiger charge is -2.14. The second-order valence-electron chi connectivity index (χ2n) is 5.86. The van der Waals surface area contributed by atoms with Crippen LogP contribution in [0, 0.1) is 24.7 Å². The lowest BCUT2D eigenvalue weighted by Crippen LogP contribution is -2.33. The van der Waals surface area contributed by atoms with Gasteiger partial charge in [-0.05, 0) is 43.9 Å². The molecular weight excluding hydrogens is 262 g/mol. The lowest BCUT2D eigenvalue weighted by atomic mass is 10.0. The zero-order valence-corrected chi connectivity index (χ0v) is 12.8. The summed E-state index contributed by atoms with van der Waals surface area (Å²) in [5.41, 5.74) is 2.46. The summed E-state index contributed by atoms with van der Waals surface area (Å²) in [5.74, 6) is 6.64. The number of carbonyl (C=O) groups is 1. The zero-order valence-electron chi connectivity index (χ0n) is 12.8. The first kappa shape index (κ1) is 15.6. The molecule has 1 amide bonds. The quantitative estimate of drug-likeness (QED) is 0.817. The first-order chi connectivity index (χ1) is 10.1. The van der Waals surface area contributed by atoms with Gasteiger partial charge in [0.15, 0.2) is 0 Å². The molecular formula is C18H23NO2. The molecule has 0 heterocycles. The first-order valence-electron chi connectivity index (χ1n) is 7.61. The van der Waals surface area contributed by atoms with Crippen LogP contribution in [0.1, 0.15) is 54.1 Å². The van der Waals surface area contributed by atoms with E-state index in [0.717, 1.165) is 23.5 Å². The molecule has 0 aliphatic heterocycles. The Labute approximate surface area is 126 Å². The number of rotatable bonds is 5. The molecule has 1 aromatic carbocycles. The van der Waals surface area contributed by atoms with Crippen LogP contribution < -0.4 is 5.32 Å². The normalized spacial score (nSPS) is 15.0. The molecule has 1 aromatic rings. The summed E-state index contributed by atoms with van der Waals surface area (Å²) in [6.07, 6.45) is 4.12. The van der Waals surface area contributed by atoms with Gasteiger partial charge in [-0.1, -0.05) is 30.7 Å². The molecule has 21 heavy (non-hydrogen) atoms. The van der Waals surface area contributed by atoms with Gasteiger partial charge in [0.25, 0.3) is 5.91 Å². The van der Waals surface area contributed by atoms with Crippen LogP contribution in [0.5, 0.6) is 0 Å². The lowest BCUT2D eigenvalue weighted by molar-refractivity contribution is 0.0937. The fourth-order valence-electron chi connectivity index (χ4n) is 2.38. The SMILES string of the molecule is Cc1ccc(C#CCCO)cc1C(=O)NC(C)CC1CC1. The molecule has 0 saturated heterocycles. The van der Waals surface area contributed by atoms with Crippen molar-refractivity contribution in [2.75, 3.05) is 6.61 Å². The van der Waals surface area contributed by atoms with Gasteiger partial charge in [-0.2, -0.15) is 0 Å². The number of amides is 1. The molecule has 2 N–H and O–H groups in total. The van der Waals surface area contributed by atoms with E-state index >= 15 is 0 Å². The highest BCUT2D eigenvalue weighted by atomic mass is 16.2. The van der Waals surface area contributed by atoms with Crippen molar-refractivity contribution in [1.82, 2.24) is 5.32 Å². The Bertz CT molecular complexity index is 564. The van der Waals surface area contributed by atoms with Crippen molar-refractivity contribution >= 4 is 5.91 Å². The highest BCUT2D eigenvalue weighted by Crippen LogP contribution is 2.33. The van der Waals surface area contributed by atoms with Gasteiger partial charge in [0, 0.05) is 23.6 Å². The molecule has 0 bridgehead atoms. The molecule has 0 spiro atoms. The number of benzene rings is 1. The van der Waals surface area contributed by atoms with Crippen LogP contribution in [0.15, 0.2) is 18.2 Å². The van der Waals surface area contributed by atoms with Crippen molar-refractivity contribution in [1.29, 1.82) is 0 Å². The Kier molecular flexibility index (Phi) is 5.41. The van der Waals surface area contributed by atoms with Crippen molar-refractivity contribution in [3.63, 3.8) is 0 Å². The Hall–Kier alpha value is -1.79. The van der Waals surface area contributed by atoms with Gasteiger partial charge in [0.05, 0.1) is 6.61 Å². The summed E-state index contributed by atoms with van der Waals surface area (Å²) in [4.78, 5) is 12.4. The van der Waals surface area contributed by atoms with Gasteiger partial charge in [-0.3, -0.25) is 4.79 Å².